The number of fused-ring (bicyclic) bond motifs is 1. The molecule has 22 heavy (non-hydrogen) atoms. The monoisotopic (exact) mass is 294 g/mol. The average Bonchev–Trinajstić information content (AvgIpc) is 2.87. The molecule has 0 aliphatic rings. The molecule has 1 aromatic heterocycles. The van der Waals surface area contributed by atoms with Crippen molar-refractivity contribution in [1.29, 1.82) is 0 Å². The van der Waals surface area contributed by atoms with Gasteiger partial charge in [-0.3, -0.25) is 0 Å². The molecule has 3 heteroatoms. The normalized spacial score (nSPS) is 11.0. The Morgan fingerprint density at radius 1 is 1.09 bits per heavy atom. The van der Waals surface area contributed by atoms with Gasteiger partial charge in [-0.2, -0.15) is 0 Å². The van der Waals surface area contributed by atoms with Gasteiger partial charge in [-0.15, -0.1) is 0 Å². The van der Waals surface area contributed by atoms with Gasteiger partial charge in [-0.05, 0) is 49.6 Å². The molecule has 0 atom stereocenters. The molecular formula is C19H22N2O. The van der Waals surface area contributed by atoms with Crippen LogP contribution in [0.2, 0.25) is 0 Å². The molecule has 0 unspecified atom stereocenters. The highest BCUT2D eigenvalue weighted by atomic mass is 16.5. The molecule has 0 amide bonds. The number of nitrogens with zero attached hydrogens (tertiary/aromatic N) is 2. The zero-order valence-corrected chi connectivity index (χ0v) is 13.5. The van der Waals surface area contributed by atoms with Crippen LogP contribution in [0.1, 0.15) is 30.3 Å². The molecule has 0 radical (unpaired) electrons. The maximum absolute atomic E-state index is 6.04. The molecule has 0 spiro atoms. The summed E-state index contributed by atoms with van der Waals surface area (Å²) in [6, 6.07) is 14.6. The third-order valence-electron chi connectivity index (χ3n) is 3.88. The van der Waals surface area contributed by atoms with Crippen molar-refractivity contribution in [2.24, 2.45) is 0 Å². The lowest BCUT2D eigenvalue weighted by Gasteiger charge is -2.11. The van der Waals surface area contributed by atoms with E-state index in [2.05, 4.69) is 61.7 Å². The van der Waals surface area contributed by atoms with Crippen molar-refractivity contribution in [2.75, 3.05) is 0 Å². The molecule has 0 N–H and O–H groups in total. The van der Waals surface area contributed by atoms with Crippen LogP contribution in [0.4, 0.5) is 0 Å². The van der Waals surface area contributed by atoms with Crippen LogP contribution in [0, 0.1) is 13.8 Å². The Morgan fingerprint density at radius 2 is 1.91 bits per heavy atom. The van der Waals surface area contributed by atoms with Gasteiger partial charge in [0.25, 0.3) is 0 Å². The number of rotatable bonds is 5. The SMILES string of the molecule is CCCn1c(COc2cc(C)ccc2C)nc2ccccc21. The minimum absolute atomic E-state index is 0.499. The number of aryl methyl sites for hydroxylation is 3. The number of hydrogen-bond acceptors (Lipinski definition) is 2. The Balaban J connectivity index is 1.90. The third kappa shape index (κ3) is 2.84. The first-order valence-corrected chi connectivity index (χ1v) is 7.83. The fourth-order valence-electron chi connectivity index (χ4n) is 2.71. The van der Waals surface area contributed by atoms with E-state index in [4.69, 9.17) is 9.72 Å². The minimum atomic E-state index is 0.499. The van der Waals surface area contributed by atoms with E-state index < -0.39 is 0 Å². The van der Waals surface area contributed by atoms with Gasteiger partial charge in [0, 0.05) is 6.54 Å². The van der Waals surface area contributed by atoms with Gasteiger partial charge < -0.3 is 9.30 Å². The summed E-state index contributed by atoms with van der Waals surface area (Å²) < 4.78 is 8.30. The number of ether oxygens (including phenoxy) is 1. The quantitative estimate of drug-likeness (QED) is 0.685. The van der Waals surface area contributed by atoms with Gasteiger partial charge in [0.05, 0.1) is 11.0 Å². The van der Waals surface area contributed by atoms with Gasteiger partial charge in [0.15, 0.2) is 0 Å². The van der Waals surface area contributed by atoms with E-state index in [1.165, 1.54) is 11.1 Å². The molecule has 2 aromatic carbocycles. The molecule has 3 rings (SSSR count). The van der Waals surface area contributed by atoms with Gasteiger partial charge in [0.1, 0.15) is 18.2 Å². The van der Waals surface area contributed by atoms with E-state index in [1.54, 1.807) is 0 Å². The highest BCUT2D eigenvalue weighted by molar-refractivity contribution is 5.75. The maximum Gasteiger partial charge on any atom is 0.147 e. The Bertz CT molecular complexity index is 789. The van der Waals surface area contributed by atoms with Crippen molar-refractivity contribution in [1.82, 2.24) is 9.55 Å². The zero-order chi connectivity index (χ0) is 15.5. The van der Waals surface area contributed by atoms with Gasteiger partial charge in [0.2, 0.25) is 0 Å². The molecule has 0 saturated heterocycles. The first kappa shape index (κ1) is 14.6. The highest BCUT2D eigenvalue weighted by Crippen LogP contribution is 2.22. The Labute approximate surface area is 131 Å². The zero-order valence-electron chi connectivity index (χ0n) is 13.5. The van der Waals surface area contributed by atoms with Gasteiger partial charge in [-0.1, -0.05) is 31.2 Å². The average molecular weight is 294 g/mol. The summed E-state index contributed by atoms with van der Waals surface area (Å²) >= 11 is 0. The lowest BCUT2D eigenvalue weighted by molar-refractivity contribution is 0.288. The molecule has 0 bridgehead atoms. The lowest BCUT2D eigenvalue weighted by Crippen LogP contribution is -2.07. The molecule has 3 aromatic rings. The number of aromatic nitrogens is 2. The Hall–Kier alpha value is -2.29. The maximum atomic E-state index is 6.04. The Kier molecular flexibility index (Phi) is 4.14. The van der Waals surface area contributed by atoms with Crippen molar-refractivity contribution in [3.8, 4) is 5.75 Å². The van der Waals surface area contributed by atoms with Gasteiger partial charge in [-0.25, -0.2) is 4.98 Å². The molecule has 1 heterocycles. The standard InChI is InChI=1S/C19H22N2O/c1-4-11-21-17-8-6-5-7-16(17)20-19(21)13-22-18-12-14(2)9-10-15(18)3/h5-10,12H,4,11,13H2,1-3H3. The molecular weight excluding hydrogens is 272 g/mol. The topological polar surface area (TPSA) is 27.1 Å². The number of para-hydroxylation sites is 2. The smallest absolute Gasteiger partial charge is 0.147 e. The summed E-state index contributed by atoms with van der Waals surface area (Å²) in [5.74, 6) is 1.93. The summed E-state index contributed by atoms with van der Waals surface area (Å²) in [6.45, 7) is 7.80. The summed E-state index contributed by atoms with van der Waals surface area (Å²) in [6.07, 6.45) is 1.08. The largest absolute Gasteiger partial charge is 0.485 e. The molecule has 114 valence electrons. The van der Waals surface area contributed by atoms with Crippen LogP contribution in [-0.4, -0.2) is 9.55 Å². The first-order chi connectivity index (χ1) is 10.7. The molecule has 0 saturated carbocycles. The second kappa shape index (κ2) is 6.22. The fraction of sp³-hybridized carbons (Fsp3) is 0.316. The first-order valence-electron chi connectivity index (χ1n) is 7.83. The van der Waals surface area contributed by atoms with Gasteiger partial charge >= 0.3 is 0 Å². The minimum Gasteiger partial charge on any atom is -0.485 e. The van der Waals surface area contributed by atoms with Crippen LogP contribution in [0.15, 0.2) is 42.5 Å². The summed E-state index contributed by atoms with van der Waals surface area (Å²) in [5, 5.41) is 0. The molecule has 0 fully saturated rings. The van der Waals surface area contributed by atoms with E-state index in [0.29, 0.717) is 6.61 Å². The van der Waals surface area contributed by atoms with Crippen molar-refractivity contribution >= 4 is 11.0 Å². The number of benzene rings is 2. The fourth-order valence-corrected chi connectivity index (χ4v) is 2.71. The van der Waals surface area contributed by atoms with Crippen LogP contribution in [0.3, 0.4) is 0 Å². The second-order valence-corrected chi connectivity index (χ2v) is 5.73. The van der Waals surface area contributed by atoms with Crippen LogP contribution in [0.25, 0.3) is 11.0 Å². The third-order valence-corrected chi connectivity index (χ3v) is 3.88. The van der Waals surface area contributed by atoms with Crippen molar-refractivity contribution in [2.45, 2.75) is 40.3 Å². The van der Waals surface area contributed by atoms with E-state index in [9.17, 15) is 0 Å². The predicted octanol–water partition coefficient (Wildman–Crippen LogP) is 4.64. The van der Waals surface area contributed by atoms with E-state index in [1.807, 2.05) is 6.07 Å². The summed E-state index contributed by atoms with van der Waals surface area (Å²) in [4.78, 5) is 4.74. The Morgan fingerprint density at radius 3 is 2.73 bits per heavy atom. The van der Waals surface area contributed by atoms with Crippen LogP contribution in [0.5, 0.6) is 5.75 Å². The van der Waals surface area contributed by atoms with Crippen molar-refractivity contribution in [3.63, 3.8) is 0 Å². The summed E-state index contributed by atoms with van der Waals surface area (Å²) in [5.41, 5.74) is 4.59. The molecule has 0 aliphatic heterocycles. The van der Waals surface area contributed by atoms with Crippen molar-refractivity contribution in [3.05, 3.63) is 59.4 Å². The number of imidazole rings is 1. The highest BCUT2D eigenvalue weighted by Gasteiger charge is 2.11. The van der Waals surface area contributed by atoms with E-state index >= 15 is 0 Å². The summed E-state index contributed by atoms with van der Waals surface area (Å²) in [7, 11) is 0. The molecule has 0 aliphatic carbocycles. The number of hydrogen-bond donors (Lipinski definition) is 0. The van der Waals surface area contributed by atoms with E-state index in [0.717, 1.165) is 35.6 Å². The second-order valence-electron chi connectivity index (χ2n) is 5.73. The lowest BCUT2D eigenvalue weighted by atomic mass is 10.1. The predicted molar refractivity (Wildman–Crippen MR) is 90.3 cm³/mol. The molecule has 3 nitrogen and oxygen atoms in total. The van der Waals surface area contributed by atoms with Crippen LogP contribution >= 0.6 is 0 Å². The van der Waals surface area contributed by atoms with Crippen LogP contribution in [-0.2, 0) is 13.2 Å². The van der Waals surface area contributed by atoms with Crippen LogP contribution < -0.4 is 4.74 Å². The van der Waals surface area contributed by atoms with E-state index in [-0.39, 0.29) is 0 Å². The van der Waals surface area contributed by atoms with Crippen molar-refractivity contribution < 1.29 is 4.74 Å².